The Hall–Kier alpha value is -2.50. The molecule has 19 heavy (non-hydrogen) atoms. The van der Waals surface area contributed by atoms with Crippen molar-refractivity contribution in [1.82, 2.24) is 9.78 Å². The standard InChI is InChI=1S/C13H16N4O2/c1-9-5-6-15-17(9)8-13(18)16-11-4-3-10(14)7-12(11)19-2/h3-7H,8,14H2,1-2H3,(H,16,18). The summed E-state index contributed by atoms with van der Waals surface area (Å²) in [5, 5.41) is 6.83. The van der Waals surface area contributed by atoms with Gasteiger partial charge in [-0.25, -0.2) is 0 Å². The van der Waals surface area contributed by atoms with E-state index in [4.69, 9.17) is 10.5 Å². The summed E-state index contributed by atoms with van der Waals surface area (Å²) in [4.78, 5) is 11.9. The molecule has 0 fully saturated rings. The summed E-state index contributed by atoms with van der Waals surface area (Å²) < 4.78 is 6.79. The fraction of sp³-hybridized carbons (Fsp3) is 0.231. The van der Waals surface area contributed by atoms with Crippen molar-refractivity contribution in [2.24, 2.45) is 0 Å². The number of aromatic nitrogens is 2. The largest absolute Gasteiger partial charge is 0.494 e. The van der Waals surface area contributed by atoms with E-state index in [1.54, 1.807) is 29.1 Å². The number of hydrogen-bond acceptors (Lipinski definition) is 4. The topological polar surface area (TPSA) is 82.2 Å². The normalized spacial score (nSPS) is 10.2. The van der Waals surface area contributed by atoms with Crippen molar-refractivity contribution in [2.75, 3.05) is 18.2 Å². The van der Waals surface area contributed by atoms with Crippen molar-refractivity contribution in [3.63, 3.8) is 0 Å². The van der Waals surface area contributed by atoms with Crippen molar-refractivity contribution in [3.05, 3.63) is 36.2 Å². The van der Waals surface area contributed by atoms with Crippen molar-refractivity contribution in [2.45, 2.75) is 13.5 Å². The molecule has 0 aliphatic heterocycles. The van der Waals surface area contributed by atoms with E-state index in [2.05, 4.69) is 10.4 Å². The first-order valence-corrected chi connectivity index (χ1v) is 5.82. The summed E-state index contributed by atoms with van der Waals surface area (Å²) in [6, 6.07) is 6.92. The molecule has 0 bridgehead atoms. The zero-order chi connectivity index (χ0) is 13.8. The lowest BCUT2D eigenvalue weighted by Gasteiger charge is -2.11. The number of ether oxygens (including phenoxy) is 1. The molecule has 0 unspecified atom stereocenters. The van der Waals surface area contributed by atoms with E-state index in [0.29, 0.717) is 17.1 Å². The average Bonchev–Trinajstić information content (AvgIpc) is 2.77. The highest BCUT2D eigenvalue weighted by Crippen LogP contribution is 2.26. The zero-order valence-electron chi connectivity index (χ0n) is 10.9. The number of aryl methyl sites for hydroxylation is 1. The van der Waals surface area contributed by atoms with Crippen LogP contribution in [0.15, 0.2) is 30.5 Å². The lowest BCUT2D eigenvalue weighted by molar-refractivity contribution is -0.116. The molecule has 6 heteroatoms. The van der Waals surface area contributed by atoms with E-state index in [0.717, 1.165) is 5.69 Å². The number of carbonyl (C=O) groups excluding carboxylic acids is 1. The fourth-order valence-electron chi connectivity index (χ4n) is 1.70. The highest BCUT2D eigenvalue weighted by atomic mass is 16.5. The molecule has 1 aromatic heterocycles. The molecule has 1 aromatic carbocycles. The van der Waals surface area contributed by atoms with Gasteiger partial charge in [0.2, 0.25) is 5.91 Å². The number of carbonyl (C=O) groups is 1. The van der Waals surface area contributed by atoms with Gasteiger partial charge < -0.3 is 15.8 Å². The minimum Gasteiger partial charge on any atom is -0.494 e. The van der Waals surface area contributed by atoms with Gasteiger partial charge in [0.05, 0.1) is 12.8 Å². The van der Waals surface area contributed by atoms with Crippen LogP contribution < -0.4 is 15.8 Å². The number of benzene rings is 1. The first-order chi connectivity index (χ1) is 9.10. The molecular weight excluding hydrogens is 244 g/mol. The van der Waals surface area contributed by atoms with Gasteiger partial charge in [-0.3, -0.25) is 9.48 Å². The third-order valence-corrected chi connectivity index (χ3v) is 2.72. The van der Waals surface area contributed by atoms with Crippen molar-refractivity contribution in [1.29, 1.82) is 0 Å². The Morgan fingerprint density at radius 3 is 2.89 bits per heavy atom. The molecule has 0 spiro atoms. The summed E-state index contributed by atoms with van der Waals surface area (Å²) in [6.45, 7) is 2.05. The third kappa shape index (κ3) is 3.04. The number of anilines is 2. The minimum absolute atomic E-state index is 0.159. The van der Waals surface area contributed by atoms with E-state index >= 15 is 0 Å². The second-order valence-corrected chi connectivity index (χ2v) is 4.14. The van der Waals surface area contributed by atoms with Gasteiger partial charge in [-0.2, -0.15) is 5.10 Å². The van der Waals surface area contributed by atoms with Crippen LogP contribution >= 0.6 is 0 Å². The molecule has 0 aliphatic rings. The fourth-order valence-corrected chi connectivity index (χ4v) is 1.70. The average molecular weight is 260 g/mol. The summed E-state index contributed by atoms with van der Waals surface area (Å²) in [5.41, 5.74) is 7.76. The molecule has 0 saturated heterocycles. The number of methoxy groups -OCH3 is 1. The predicted molar refractivity (Wildman–Crippen MR) is 73.0 cm³/mol. The Balaban J connectivity index is 2.09. The monoisotopic (exact) mass is 260 g/mol. The molecule has 100 valence electrons. The summed E-state index contributed by atoms with van der Waals surface area (Å²) >= 11 is 0. The van der Waals surface area contributed by atoms with E-state index in [1.165, 1.54) is 7.11 Å². The van der Waals surface area contributed by atoms with Crippen LogP contribution in [0.5, 0.6) is 5.75 Å². The number of nitrogens with zero attached hydrogens (tertiary/aromatic N) is 2. The second-order valence-electron chi connectivity index (χ2n) is 4.14. The Morgan fingerprint density at radius 1 is 1.47 bits per heavy atom. The Bertz CT molecular complexity index is 592. The first kappa shape index (κ1) is 12.9. The zero-order valence-corrected chi connectivity index (χ0v) is 10.9. The Morgan fingerprint density at radius 2 is 2.26 bits per heavy atom. The van der Waals surface area contributed by atoms with Crippen LogP contribution in [0.1, 0.15) is 5.69 Å². The van der Waals surface area contributed by atoms with Crippen LogP contribution in [0.4, 0.5) is 11.4 Å². The molecular formula is C13H16N4O2. The van der Waals surface area contributed by atoms with E-state index < -0.39 is 0 Å². The van der Waals surface area contributed by atoms with Gasteiger partial charge in [0.25, 0.3) is 0 Å². The molecule has 6 nitrogen and oxygen atoms in total. The molecule has 3 N–H and O–H groups in total. The molecule has 2 aromatic rings. The van der Waals surface area contributed by atoms with Gasteiger partial charge in [0.15, 0.2) is 0 Å². The number of nitrogens with one attached hydrogen (secondary N) is 1. The maximum absolute atomic E-state index is 11.9. The molecule has 2 rings (SSSR count). The Labute approximate surface area is 111 Å². The lowest BCUT2D eigenvalue weighted by atomic mass is 10.2. The lowest BCUT2D eigenvalue weighted by Crippen LogP contribution is -2.20. The maximum atomic E-state index is 11.9. The SMILES string of the molecule is COc1cc(N)ccc1NC(=O)Cn1nccc1C. The van der Waals surface area contributed by atoms with Gasteiger partial charge in [-0.05, 0) is 25.1 Å². The highest BCUT2D eigenvalue weighted by molar-refractivity contribution is 5.92. The maximum Gasteiger partial charge on any atom is 0.246 e. The molecule has 0 saturated carbocycles. The summed E-state index contributed by atoms with van der Waals surface area (Å²) in [7, 11) is 1.53. The van der Waals surface area contributed by atoms with E-state index in [1.807, 2.05) is 13.0 Å². The molecule has 0 radical (unpaired) electrons. The highest BCUT2D eigenvalue weighted by Gasteiger charge is 2.09. The summed E-state index contributed by atoms with van der Waals surface area (Å²) in [6.07, 6.45) is 1.66. The van der Waals surface area contributed by atoms with Gasteiger partial charge in [-0.1, -0.05) is 0 Å². The quantitative estimate of drug-likeness (QED) is 0.814. The van der Waals surface area contributed by atoms with Crippen LogP contribution in [0, 0.1) is 6.92 Å². The summed E-state index contributed by atoms with van der Waals surface area (Å²) in [5.74, 6) is 0.361. The van der Waals surface area contributed by atoms with Crippen LogP contribution in [0.2, 0.25) is 0 Å². The minimum atomic E-state index is -0.171. The van der Waals surface area contributed by atoms with Gasteiger partial charge in [0.1, 0.15) is 12.3 Å². The van der Waals surface area contributed by atoms with Crippen LogP contribution in [0.25, 0.3) is 0 Å². The van der Waals surface area contributed by atoms with Gasteiger partial charge in [0, 0.05) is 23.6 Å². The molecule has 1 amide bonds. The van der Waals surface area contributed by atoms with Gasteiger partial charge >= 0.3 is 0 Å². The van der Waals surface area contributed by atoms with Crippen LogP contribution in [0.3, 0.4) is 0 Å². The van der Waals surface area contributed by atoms with Crippen LogP contribution in [-0.2, 0) is 11.3 Å². The molecule has 0 aliphatic carbocycles. The van der Waals surface area contributed by atoms with E-state index in [-0.39, 0.29) is 12.5 Å². The van der Waals surface area contributed by atoms with Crippen LogP contribution in [-0.4, -0.2) is 22.8 Å². The number of amides is 1. The van der Waals surface area contributed by atoms with E-state index in [9.17, 15) is 4.79 Å². The molecule has 0 atom stereocenters. The van der Waals surface area contributed by atoms with Crippen molar-refractivity contribution >= 4 is 17.3 Å². The third-order valence-electron chi connectivity index (χ3n) is 2.72. The first-order valence-electron chi connectivity index (χ1n) is 5.82. The number of nitrogens with two attached hydrogens (primary N) is 1. The predicted octanol–water partition coefficient (Wildman–Crippen LogP) is 1.42. The molecule has 1 heterocycles. The van der Waals surface area contributed by atoms with Crippen molar-refractivity contribution < 1.29 is 9.53 Å². The van der Waals surface area contributed by atoms with Gasteiger partial charge in [-0.15, -0.1) is 0 Å². The smallest absolute Gasteiger partial charge is 0.246 e. The number of rotatable bonds is 4. The number of nitrogen functional groups attached to an aromatic ring is 1. The Kier molecular flexibility index (Phi) is 3.70. The second kappa shape index (κ2) is 5.43. The number of hydrogen-bond donors (Lipinski definition) is 2. The van der Waals surface area contributed by atoms with Crippen molar-refractivity contribution in [3.8, 4) is 5.75 Å².